The van der Waals surface area contributed by atoms with Crippen molar-refractivity contribution in [1.29, 1.82) is 0 Å². The van der Waals surface area contributed by atoms with E-state index in [1.54, 1.807) is 18.0 Å². The van der Waals surface area contributed by atoms with Crippen molar-refractivity contribution in [3.63, 3.8) is 0 Å². The topological polar surface area (TPSA) is 77.8 Å². The van der Waals surface area contributed by atoms with E-state index in [9.17, 15) is 9.59 Å². The summed E-state index contributed by atoms with van der Waals surface area (Å²) in [6, 6.07) is 1.79. The molecule has 1 rings (SSSR count). The molecule has 6 heteroatoms. The summed E-state index contributed by atoms with van der Waals surface area (Å²) in [5.74, 6) is -1.06. The maximum Gasteiger partial charge on any atom is 0.328 e. The number of nitrogens with zero attached hydrogens (tertiary/aromatic N) is 1. The van der Waals surface area contributed by atoms with Gasteiger partial charge in [-0.05, 0) is 43.9 Å². The summed E-state index contributed by atoms with van der Waals surface area (Å²) < 4.78 is 0. The number of aliphatic carboxylic acids is 1. The van der Waals surface area contributed by atoms with Crippen LogP contribution in [0.25, 0.3) is 6.08 Å². The Hall–Kier alpha value is -1.66. The van der Waals surface area contributed by atoms with Crippen LogP contribution in [0.5, 0.6) is 0 Å². The number of carboxylic acids is 1. The van der Waals surface area contributed by atoms with E-state index in [0.717, 1.165) is 35.8 Å². The average Bonchev–Trinajstić information content (AvgIpc) is 2.81. The Morgan fingerprint density at radius 2 is 2.05 bits per heavy atom. The fraction of sp³-hybridized carbons (Fsp3) is 0.467. The third-order valence-corrected chi connectivity index (χ3v) is 4.23. The zero-order valence-electron chi connectivity index (χ0n) is 12.3. The smallest absolute Gasteiger partial charge is 0.328 e. The minimum absolute atomic E-state index is 0.0536. The van der Waals surface area contributed by atoms with Gasteiger partial charge in [0.1, 0.15) is 0 Å². The van der Waals surface area contributed by atoms with E-state index in [1.165, 1.54) is 17.4 Å². The predicted molar refractivity (Wildman–Crippen MR) is 83.6 cm³/mol. The van der Waals surface area contributed by atoms with Crippen molar-refractivity contribution in [2.75, 3.05) is 20.2 Å². The van der Waals surface area contributed by atoms with Gasteiger partial charge in [0.2, 0.25) is 0 Å². The molecule has 2 N–H and O–H groups in total. The summed E-state index contributed by atoms with van der Waals surface area (Å²) in [7, 11) is 1.75. The number of aliphatic hydroxyl groups is 1. The molecule has 21 heavy (non-hydrogen) atoms. The molecule has 0 radical (unpaired) electrons. The number of rotatable bonds is 8. The van der Waals surface area contributed by atoms with Gasteiger partial charge in [0.25, 0.3) is 5.91 Å². The van der Waals surface area contributed by atoms with Crippen molar-refractivity contribution in [1.82, 2.24) is 4.90 Å². The van der Waals surface area contributed by atoms with E-state index in [0.29, 0.717) is 11.4 Å². The summed E-state index contributed by atoms with van der Waals surface area (Å²) >= 11 is 1.30. The van der Waals surface area contributed by atoms with Crippen LogP contribution in [-0.2, 0) is 4.79 Å². The second-order valence-corrected chi connectivity index (χ2v) is 5.92. The van der Waals surface area contributed by atoms with Crippen LogP contribution in [-0.4, -0.2) is 47.2 Å². The number of aliphatic hydroxyl groups excluding tert-OH is 1. The molecule has 0 saturated carbocycles. The maximum atomic E-state index is 12.3. The lowest BCUT2D eigenvalue weighted by Crippen LogP contribution is -2.27. The second-order valence-electron chi connectivity index (χ2n) is 4.84. The molecule has 1 heterocycles. The van der Waals surface area contributed by atoms with Crippen LogP contribution in [0.4, 0.5) is 0 Å². The SMILES string of the molecule is Cc1cc(C(=O)N(C)CCCCCO)sc1/C=C/C(=O)O. The maximum absolute atomic E-state index is 12.3. The molecule has 1 aromatic rings. The molecule has 0 bridgehead atoms. The molecule has 0 saturated heterocycles. The van der Waals surface area contributed by atoms with Gasteiger partial charge >= 0.3 is 5.97 Å². The Morgan fingerprint density at radius 1 is 1.33 bits per heavy atom. The van der Waals surface area contributed by atoms with Crippen molar-refractivity contribution in [3.8, 4) is 0 Å². The Morgan fingerprint density at radius 3 is 2.67 bits per heavy atom. The lowest BCUT2D eigenvalue weighted by Gasteiger charge is -2.15. The van der Waals surface area contributed by atoms with Crippen molar-refractivity contribution in [3.05, 3.63) is 27.5 Å². The molecule has 116 valence electrons. The normalized spacial score (nSPS) is 11.0. The molecular formula is C15H21NO4S. The van der Waals surface area contributed by atoms with E-state index >= 15 is 0 Å². The Kier molecular flexibility index (Phi) is 7.11. The average molecular weight is 311 g/mol. The van der Waals surface area contributed by atoms with Crippen molar-refractivity contribution in [2.45, 2.75) is 26.2 Å². The minimum atomic E-state index is -1.00. The third-order valence-electron chi connectivity index (χ3n) is 3.04. The standard InChI is InChI=1S/C15H21NO4S/c1-11-10-13(21-12(11)6-7-14(18)19)15(20)16(2)8-4-3-5-9-17/h6-7,10,17H,3-5,8-9H2,1-2H3,(H,18,19)/b7-6+. The van der Waals surface area contributed by atoms with Crippen LogP contribution in [0, 0.1) is 6.92 Å². The van der Waals surface area contributed by atoms with Crippen molar-refractivity contribution in [2.24, 2.45) is 0 Å². The summed E-state index contributed by atoms with van der Waals surface area (Å²) in [5.41, 5.74) is 0.898. The van der Waals surface area contributed by atoms with Crippen molar-refractivity contribution >= 4 is 29.3 Å². The van der Waals surface area contributed by atoms with E-state index in [2.05, 4.69) is 0 Å². The highest BCUT2D eigenvalue weighted by Crippen LogP contribution is 2.24. The van der Waals surface area contributed by atoms with Gasteiger partial charge in [0, 0.05) is 31.2 Å². The molecule has 1 amide bonds. The molecule has 1 aromatic heterocycles. The van der Waals surface area contributed by atoms with Gasteiger partial charge in [0.15, 0.2) is 0 Å². The highest BCUT2D eigenvalue weighted by Gasteiger charge is 2.15. The molecular weight excluding hydrogens is 290 g/mol. The van der Waals surface area contributed by atoms with Gasteiger partial charge in [-0.3, -0.25) is 4.79 Å². The van der Waals surface area contributed by atoms with Gasteiger partial charge in [-0.15, -0.1) is 11.3 Å². The summed E-state index contributed by atoms with van der Waals surface area (Å²) in [6.45, 7) is 2.69. The quantitative estimate of drug-likeness (QED) is 0.571. The molecule has 5 nitrogen and oxygen atoms in total. The van der Waals surface area contributed by atoms with Crippen LogP contribution in [0.2, 0.25) is 0 Å². The van der Waals surface area contributed by atoms with Gasteiger partial charge in [0.05, 0.1) is 4.88 Å². The number of carboxylic acid groups (broad SMARTS) is 1. The fourth-order valence-electron chi connectivity index (χ4n) is 1.84. The fourth-order valence-corrected chi connectivity index (χ4v) is 2.91. The first-order chi connectivity index (χ1) is 9.95. The number of thiophene rings is 1. The molecule has 0 spiro atoms. The molecule has 0 aromatic carbocycles. The zero-order valence-corrected chi connectivity index (χ0v) is 13.2. The number of carbonyl (C=O) groups excluding carboxylic acids is 1. The number of hydrogen-bond donors (Lipinski definition) is 2. The first kappa shape index (κ1) is 17.4. The molecule has 0 aliphatic heterocycles. The zero-order chi connectivity index (χ0) is 15.8. The van der Waals surface area contributed by atoms with E-state index < -0.39 is 5.97 Å². The van der Waals surface area contributed by atoms with Crippen LogP contribution >= 0.6 is 11.3 Å². The lowest BCUT2D eigenvalue weighted by atomic mass is 10.2. The van der Waals surface area contributed by atoms with Crippen molar-refractivity contribution < 1.29 is 19.8 Å². The third kappa shape index (κ3) is 5.69. The molecule has 0 unspecified atom stereocenters. The van der Waals surface area contributed by atoms with E-state index in [-0.39, 0.29) is 12.5 Å². The van der Waals surface area contributed by atoms with Crippen LogP contribution < -0.4 is 0 Å². The van der Waals surface area contributed by atoms with Gasteiger partial charge in [-0.2, -0.15) is 0 Å². The number of carbonyl (C=O) groups is 2. The second kappa shape index (κ2) is 8.59. The number of hydrogen-bond acceptors (Lipinski definition) is 4. The largest absolute Gasteiger partial charge is 0.478 e. The number of amides is 1. The first-order valence-electron chi connectivity index (χ1n) is 6.83. The number of aryl methyl sites for hydroxylation is 1. The number of unbranched alkanes of at least 4 members (excludes halogenated alkanes) is 2. The van der Waals surface area contributed by atoms with E-state index in [4.69, 9.17) is 10.2 Å². The first-order valence-corrected chi connectivity index (χ1v) is 7.65. The highest BCUT2D eigenvalue weighted by molar-refractivity contribution is 7.15. The Bertz CT molecular complexity index is 522. The van der Waals surface area contributed by atoms with Gasteiger partial charge in [-0.25, -0.2) is 4.79 Å². The van der Waals surface area contributed by atoms with Crippen LogP contribution in [0.3, 0.4) is 0 Å². The van der Waals surface area contributed by atoms with Crippen LogP contribution in [0.15, 0.2) is 12.1 Å². The molecule has 0 atom stereocenters. The molecule has 0 aliphatic rings. The summed E-state index contributed by atoms with van der Waals surface area (Å²) in [6.07, 6.45) is 5.10. The molecule has 0 aliphatic carbocycles. The summed E-state index contributed by atoms with van der Waals surface area (Å²) in [4.78, 5) is 25.8. The molecule has 0 fully saturated rings. The highest BCUT2D eigenvalue weighted by atomic mass is 32.1. The van der Waals surface area contributed by atoms with E-state index in [1.807, 2.05) is 6.92 Å². The Balaban J connectivity index is 2.65. The predicted octanol–water partition coefficient (Wildman–Crippen LogP) is 2.39. The van der Waals surface area contributed by atoms with Crippen LogP contribution in [0.1, 0.15) is 39.4 Å². The Labute approximate surface area is 128 Å². The van der Waals surface area contributed by atoms with Gasteiger partial charge < -0.3 is 15.1 Å². The minimum Gasteiger partial charge on any atom is -0.478 e. The monoisotopic (exact) mass is 311 g/mol. The van der Waals surface area contributed by atoms with Gasteiger partial charge in [-0.1, -0.05) is 0 Å². The lowest BCUT2D eigenvalue weighted by molar-refractivity contribution is -0.131. The summed E-state index contributed by atoms with van der Waals surface area (Å²) in [5, 5.41) is 17.4.